The molecule has 0 radical (unpaired) electrons. The Bertz CT molecular complexity index is 1810. The molecular formula is C59H84O9. The smallest absolute Gasteiger partial charge is 0.177 e. The first-order valence-electron chi connectivity index (χ1n) is 24.6. The second-order valence-corrected chi connectivity index (χ2v) is 17.5. The van der Waals surface area contributed by atoms with E-state index in [4.69, 9.17) is 43.0 Å². The molecule has 68 heavy (non-hydrogen) atoms. The molecule has 4 aliphatic rings. The second-order valence-electron chi connectivity index (χ2n) is 17.5. The third-order valence-electron chi connectivity index (χ3n) is 11.6. The number of hydrogen-bond acceptors (Lipinski definition) is 9. The van der Waals surface area contributed by atoms with E-state index in [1.165, 1.54) is 94.6 Å². The summed E-state index contributed by atoms with van der Waals surface area (Å²) in [7, 11) is 0. The summed E-state index contributed by atoms with van der Waals surface area (Å²) >= 11 is 0. The van der Waals surface area contributed by atoms with Crippen LogP contribution in [0.3, 0.4) is 0 Å². The molecule has 374 valence electrons. The fraction of sp³-hybridized carbons (Fsp3) is 0.508. The van der Waals surface area contributed by atoms with Gasteiger partial charge in [-0.3, -0.25) is 0 Å². The zero-order chi connectivity index (χ0) is 47.4. The summed E-state index contributed by atoms with van der Waals surface area (Å²) < 4.78 is 45.4. The van der Waals surface area contributed by atoms with Gasteiger partial charge in [0, 0.05) is 0 Å². The molecule has 0 saturated heterocycles. The molecule has 3 fully saturated rings. The van der Waals surface area contributed by atoms with Crippen LogP contribution in [0.4, 0.5) is 0 Å². The van der Waals surface area contributed by atoms with Crippen molar-refractivity contribution < 1.29 is 43.0 Å². The zero-order valence-corrected chi connectivity index (χ0v) is 40.3. The van der Waals surface area contributed by atoms with Gasteiger partial charge in [0.2, 0.25) is 0 Å². The quantitative estimate of drug-likeness (QED) is 0.0432. The second kappa shape index (κ2) is 37.5. The SMILES string of the molecule is C.C1=C(COCc2ccccc2)CO[C@H]1OC1CCCCC1.C=C(CO)COCc1ccccc1.C=C=COC1CCCCC1.C=C[C@@H](OCC(=C)COCc1ccccc1)OC1CCCCC1. The third kappa shape index (κ3) is 27.0. The van der Waals surface area contributed by atoms with E-state index in [0.29, 0.717) is 76.7 Å². The lowest BCUT2D eigenvalue weighted by molar-refractivity contribution is -0.145. The van der Waals surface area contributed by atoms with Crippen LogP contribution in [0.15, 0.2) is 158 Å². The number of aliphatic hydroxyl groups excluding tert-OH is 1. The fourth-order valence-electron chi connectivity index (χ4n) is 7.87. The minimum Gasteiger partial charge on any atom is -0.490 e. The lowest BCUT2D eigenvalue weighted by Gasteiger charge is -2.26. The average molecular weight is 937 g/mol. The molecule has 0 amide bonds. The highest BCUT2D eigenvalue weighted by Crippen LogP contribution is 2.25. The van der Waals surface area contributed by atoms with Crippen molar-refractivity contribution in [3.63, 3.8) is 0 Å². The predicted octanol–water partition coefficient (Wildman–Crippen LogP) is 13.5. The maximum atomic E-state index is 8.65. The predicted molar refractivity (Wildman–Crippen MR) is 276 cm³/mol. The molecular weight excluding hydrogens is 853 g/mol. The molecule has 9 nitrogen and oxygen atoms in total. The van der Waals surface area contributed by atoms with Gasteiger partial charge in [-0.1, -0.05) is 175 Å². The molecule has 0 spiro atoms. The van der Waals surface area contributed by atoms with Crippen molar-refractivity contribution in [1.82, 2.24) is 0 Å². The third-order valence-corrected chi connectivity index (χ3v) is 11.6. The van der Waals surface area contributed by atoms with Gasteiger partial charge in [-0.05, 0) is 96.9 Å². The van der Waals surface area contributed by atoms with Gasteiger partial charge in [-0.15, -0.1) is 0 Å². The monoisotopic (exact) mass is 937 g/mol. The molecule has 3 aliphatic carbocycles. The number of benzene rings is 3. The fourth-order valence-corrected chi connectivity index (χ4v) is 7.87. The Labute approximate surface area is 410 Å². The van der Waals surface area contributed by atoms with Crippen molar-refractivity contribution in [2.75, 3.05) is 39.6 Å². The van der Waals surface area contributed by atoms with Crippen LogP contribution in [0.2, 0.25) is 0 Å². The molecule has 9 heteroatoms. The summed E-state index contributed by atoms with van der Waals surface area (Å²) in [5.41, 5.74) is 8.90. The number of hydrogen-bond donors (Lipinski definition) is 1. The van der Waals surface area contributed by atoms with Gasteiger partial charge < -0.3 is 43.0 Å². The van der Waals surface area contributed by atoms with Crippen molar-refractivity contribution >= 4 is 0 Å². The molecule has 3 saturated carbocycles. The molecule has 0 unspecified atom stereocenters. The number of aliphatic hydroxyl groups is 1. The van der Waals surface area contributed by atoms with Gasteiger partial charge in [0.15, 0.2) is 12.6 Å². The van der Waals surface area contributed by atoms with Gasteiger partial charge in [0.1, 0.15) is 6.26 Å². The van der Waals surface area contributed by atoms with Crippen molar-refractivity contribution in [3.8, 4) is 0 Å². The molecule has 2 atom stereocenters. The summed E-state index contributed by atoms with van der Waals surface area (Å²) in [4.78, 5) is 0. The molecule has 0 bridgehead atoms. The maximum Gasteiger partial charge on any atom is 0.177 e. The van der Waals surface area contributed by atoms with E-state index in [0.717, 1.165) is 29.5 Å². The molecule has 1 aliphatic heterocycles. The first kappa shape index (κ1) is 57.9. The molecule has 1 heterocycles. The normalized spacial score (nSPS) is 17.7. The van der Waals surface area contributed by atoms with Crippen LogP contribution in [-0.2, 0) is 57.7 Å². The van der Waals surface area contributed by atoms with Crippen LogP contribution in [0.1, 0.15) is 120 Å². The highest BCUT2D eigenvalue weighted by atomic mass is 16.7. The van der Waals surface area contributed by atoms with Gasteiger partial charge >= 0.3 is 0 Å². The van der Waals surface area contributed by atoms with Crippen LogP contribution in [0.5, 0.6) is 0 Å². The molecule has 1 N–H and O–H groups in total. The lowest BCUT2D eigenvalue weighted by atomic mass is 9.98. The Hall–Kier alpha value is -4.38. The van der Waals surface area contributed by atoms with Crippen LogP contribution in [0, 0.1) is 0 Å². The van der Waals surface area contributed by atoms with Crippen LogP contribution < -0.4 is 0 Å². The van der Waals surface area contributed by atoms with Gasteiger partial charge in [-0.2, -0.15) is 0 Å². The Kier molecular flexibility index (Phi) is 32.0. The highest BCUT2D eigenvalue weighted by molar-refractivity contribution is 5.16. The van der Waals surface area contributed by atoms with E-state index in [9.17, 15) is 0 Å². The molecule has 0 aromatic heterocycles. The molecule has 3 aromatic rings. The van der Waals surface area contributed by atoms with E-state index < -0.39 is 0 Å². The minimum absolute atomic E-state index is 0. The van der Waals surface area contributed by atoms with Crippen molar-refractivity contribution in [3.05, 3.63) is 175 Å². The Morgan fingerprint density at radius 3 is 1.57 bits per heavy atom. The van der Waals surface area contributed by atoms with E-state index in [-0.39, 0.29) is 26.6 Å². The topological polar surface area (TPSA) is 94.1 Å². The average Bonchev–Trinajstić information content (AvgIpc) is 3.83. The Balaban J connectivity index is 0.000000251. The van der Waals surface area contributed by atoms with E-state index in [2.05, 4.69) is 50.3 Å². The van der Waals surface area contributed by atoms with E-state index in [1.54, 1.807) is 12.3 Å². The standard InChI is InChI=1S/C20H28O3.C18H24O3.C11H14O2.C9H14O.CH4/c1-3-20(23-19-12-8-5-9-13-19)22-15-17(2)14-21-16-18-10-6-4-7-11-18;1-3-7-15(8-4-1)12-19-13-16-11-18(20-14-16)21-17-9-5-2-6-10-17;1-10(7-12)8-13-9-11-5-3-2-4-6-11;1-2-8-10-9-6-4-3-5-7-9;/h3-4,6-7,10-11,19-20H,1-2,5,8-9,12-16H2;1,3-4,7-8,11,17-18H,2,5-6,9-10,12-14H2;2-6,12H,1,7-9H2;8-9H,1,3-7H2;1H4/t20-;18-;;;/m00.../s1. The summed E-state index contributed by atoms with van der Waals surface area (Å²) in [6.45, 7) is 19.3. The van der Waals surface area contributed by atoms with E-state index in [1.807, 2.05) is 78.9 Å². The van der Waals surface area contributed by atoms with Crippen LogP contribution in [0.25, 0.3) is 0 Å². The zero-order valence-electron chi connectivity index (χ0n) is 40.3. The largest absolute Gasteiger partial charge is 0.490 e. The number of ether oxygens (including phenoxy) is 8. The minimum atomic E-state index is -0.357. The van der Waals surface area contributed by atoms with Crippen molar-refractivity contribution in [1.29, 1.82) is 0 Å². The number of rotatable bonds is 23. The van der Waals surface area contributed by atoms with Crippen molar-refractivity contribution in [2.24, 2.45) is 0 Å². The summed E-state index contributed by atoms with van der Waals surface area (Å²) in [6, 6.07) is 30.3. The maximum absolute atomic E-state index is 8.65. The summed E-state index contributed by atoms with van der Waals surface area (Å²) in [6.07, 6.45) is 24.7. The van der Waals surface area contributed by atoms with Crippen LogP contribution in [-0.4, -0.2) is 75.6 Å². The molecule has 3 aromatic carbocycles. The molecule has 7 rings (SSSR count). The lowest BCUT2D eigenvalue weighted by Crippen LogP contribution is -2.25. The Morgan fingerprint density at radius 2 is 1.09 bits per heavy atom. The summed E-state index contributed by atoms with van der Waals surface area (Å²) in [5, 5.41) is 8.65. The Morgan fingerprint density at radius 1 is 0.618 bits per heavy atom. The van der Waals surface area contributed by atoms with Crippen molar-refractivity contribution in [2.45, 2.75) is 154 Å². The van der Waals surface area contributed by atoms with Crippen LogP contribution >= 0.6 is 0 Å². The first-order chi connectivity index (χ1) is 32.9. The highest BCUT2D eigenvalue weighted by Gasteiger charge is 2.23. The van der Waals surface area contributed by atoms with Gasteiger partial charge in [0.25, 0.3) is 0 Å². The van der Waals surface area contributed by atoms with Gasteiger partial charge in [-0.25, -0.2) is 0 Å². The summed E-state index contributed by atoms with van der Waals surface area (Å²) in [5.74, 6) is 0. The van der Waals surface area contributed by atoms with E-state index >= 15 is 0 Å². The first-order valence-corrected chi connectivity index (χ1v) is 24.6. The van der Waals surface area contributed by atoms with Gasteiger partial charge in [0.05, 0.1) is 77.8 Å².